The molecule has 3 nitrogen and oxygen atoms in total. The molecule has 0 aliphatic rings. The van der Waals surface area contributed by atoms with Crippen molar-refractivity contribution in [3.63, 3.8) is 0 Å². The Morgan fingerprint density at radius 2 is 1.50 bits per heavy atom. The first-order valence-electron chi connectivity index (χ1n) is 1.89. The van der Waals surface area contributed by atoms with Crippen LogP contribution in [0.15, 0.2) is 0 Å². The van der Waals surface area contributed by atoms with Gasteiger partial charge in [-0.3, -0.25) is 0 Å². The Morgan fingerprint density at radius 3 is 1.50 bits per heavy atom. The molecule has 0 rings (SSSR count). The molecule has 0 saturated carbocycles. The molecular formula is C3H7AgO3S. The van der Waals surface area contributed by atoms with Crippen molar-refractivity contribution in [1.82, 2.24) is 0 Å². The molecule has 0 aromatic carbocycles. The molecule has 0 aliphatic heterocycles. The van der Waals surface area contributed by atoms with Crippen LogP contribution in [0.1, 0.15) is 13.8 Å². The molecule has 0 aromatic heterocycles. The maximum Gasteiger partial charge on any atom is 1.00 e. The van der Waals surface area contributed by atoms with E-state index in [2.05, 4.69) is 0 Å². The number of rotatable bonds is 1. The third-order valence-corrected chi connectivity index (χ3v) is 1.73. The fraction of sp³-hybridized carbons (Fsp3) is 1.00. The predicted octanol–water partition coefficient (Wildman–Crippen LogP) is -0.0625. The molecule has 8 heavy (non-hydrogen) atoms. The first kappa shape index (κ1) is 11.4. The van der Waals surface area contributed by atoms with Gasteiger partial charge in [0.15, 0.2) is 0 Å². The second-order valence-electron chi connectivity index (χ2n) is 1.54. The van der Waals surface area contributed by atoms with E-state index in [0.717, 1.165) is 0 Å². The molecule has 5 heteroatoms. The van der Waals surface area contributed by atoms with E-state index in [0.29, 0.717) is 0 Å². The van der Waals surface area contributed by atoms with Gasteiger partial charge in [-0.2, -0.15) is 0 Å². The van der Waals surface area contributed by atoms with Crippen LogP contribution in [0, 0.1) is 0 Å². The van der Waals surface area contributed by atoms with Gasteiger partial charge in [0.1, 0.15) is 0 Å². The summed E-state index contributed by atoms with van der Waals surface area (Å²) in [4.78, 5) is 0. The Hall–Kier alpha value is 0.650. The molecule has 0 spiro atoms. The largest absolute Gasteiger partial charge is 1.00 e. The molecule has 54 valence electrons. The molecule has 0 atom stereocenters. The zero-order chi connectivity index (χ0) is 6.08. The normalized spacial score (nSPS) is 11.0. The maximum atomic E-state index is 9.78. The molecule has 0 unspecified atom stereocenters. The van der Waals surface area contributed by atoms with Crippen molar-refractivity contribution in [2.24, 2.45) is 0 Å². The zero-order valence-corrected chi connectivity index (χ0v) is 6.81. The first-order chi connectivity index (χ1) is 2.94. The number of hydrogen-bond acceptors (Lipinski definition) is 3. The summed E-state index contributed by atoms with van der Waals surface area (Å²) < 4.78 is 29.3. The third kappa shape index (κ3) is 4.80. The molecule has 0 aliphatic carbocycles. The molecule has 0 N–H and O–H groups in total. The second-order valence-corrected chi connectivity index (χ2v) is 3.47. The van der Waals surface area contributed by atoms with E-state index in [9.17, 15) is 13.0 Å². The van der Waals surface area contributed by atoms with Crippen LogP contribution < -0.4 is 0 Å². The van der Waals surface area contributed by atoms with Crippen LogP contribution in [0.25, 0.3) is 0 Å². The Morgan fingerprint density at radius 1 is 1.38 bits per heavy atom. The third-order valence-electron chi connectivity index (χ3n) is 0.577. The van der Waals surface area contributed by atoms with Crippen molar-refractivity contribution in [2.75, 3.05) is 0 Å². The van der Waals surface area contributed by atoms with Crippen molar-refractivity contribution in [1.29, 1.82) is 0 Å². The minimum atomic E-state index is -3.99. The minimum Gasteiger partial charge on any atom is -0.748 e. The topological polar surface area (TPSA) is 57.2 Å². The summed E-state index contributed by atoms with van der Waals surface area (Å²) in [7, 11) is -3.99. The Labute approximate surface area is 64.7 Å². The van der Waals surface area contributed by atoms with Crippen LogP contribution in [0.3, 0.4) is 0 Å². The molecule has 0 saturated heterocycles. The second kappa shape index (κ2) is 3.63. The van der Waals surface area contributed by atoms with Gasteiger partial charge in [0.25, 0.3) is 0 Å². The standard InChI is InChI=1S/C3H8O3S.Ag/c1-3(2)7(4,5)6;/h3H,1-2H3,(H,4,5,6);/q;+1/p-1. The van der Waals surface area contributed by atoms with Crippen molar-refractivity contribution < 1.29 is 35.4 Å². The summed E-state index contributed by atoms with van der Waals surface area (Å²) in [5.41, 5.74) is 0. The molecular weight excluding hydrogens is 224 g/mol. The van der Waals surface area contributed by atoms with E-state index in [4.69, 9.17) is 0 Å². The Bertz CT molecular complexity index is 137. The van der Waals surface area contributed by atoms with Crippen LogP contribution >= 0.6 is 0 Å². The van der Waals surface area contributed by atoms with E-state index in [1.54, 1.807) is 0 Å². The van der Waals surface area contributed by atoms with E-state index in [-0.39, 0.29) is 22.4 Å². The van der Waals surface area contributed by atoms with Crippen molar-refractivity contribution in [3.05, 3.63) is 0 Å². The predicted molar refractivity (Wildman–Crippen MR) is 24.8 cm³/mol. The van der Waals surface area contributed by atoms with Crippen molar-refractivity contribution in [3.8, 4) is 0 Å². The SMILES string of the molecule is CC(C)S(=O)(=O)[O-].[Ag+]. The van der Waals surface area contributed by atoms with E-state index >= 15 is 0 Å². The van der Waals surface area contributed by atoms with Crippen LogP contribution in [-0.2, 0) is 32.5 Å². The molecule has 0 aromatic rings. The van der Waals surface area contributed by atoms with Crippen molar-refractivity contribution >= 4 is 10.1 Å². The fourth-order valence-corrected chi connectivity index (χ4v) is 0. The first-order valence-corrected chi connectivity index (χ1v) is 3.36. The van der Waals surface area contributed by atoms with Crippen LogP contribution in [0.2, 0.25) is 0 Å². The molecule has 0 radical (unpaired) electrons. The monoisotopic (exact) mass is 230 g/mol. The maximum absolute atomic E-state index is 9.78. The summed E-state index contributed by atoms with van der Waals surface area (Å²) in [6, 6.07) is 0. The summed E-state index contributed by atoms with van der Waals surface area (Å²) in [6.45, 7) is 2.70. The summed E-state index contributed by atoms with van der Waals surface area (Å²) >= 11 is 0. The van der Waals surface area contributed by atoms with Crippen LogP contribution in [-0.4, -0.2) is 18.2 Å². The smallest absolute Gasteiger partial charge is 0.748 e. The van der Waals surface area contributed by atoms with E-state index in [1.165, 1.54) is 13.8 Å². The molecule has 0 bridgehead atoms. The van der Waals surface area contributed by atoms with Gasteiger partial charge in [-0.25, -0.2) is 8.42 Å². The molecule has 0 amide bonds. The zero-order valence-electron chi connectivity index (χ0n) is 4.51. The fourth-order valence-electron chi connectivity index (χ4n) is 0. The van der Waals surface area contributed by atoms with Gasteiger partial charge >= 0.3 is 22.4 Å². The summed E-state index contributed by atoms with van der Waals surface area (Å²) in [6.07, 6.45) is 0. The van der Waals surface area contributed by atoms with Gasteiger partial charge in [-0.1, -0.05) is 0 Å². The Kier molecular flexibility index (Phi) is 5.20. The van der Waals surface area contributed by atoms with Gasteiger partial charge in [-0.15, -0.1) is 0 Å². The van der Waals surface area contributed by atoms with Crippen LogP contribution in [0.5, 0.6) is 0 Å². The van der Waals surface area contributed by atoms with Crippen LogP contribution in [0.4, 0.5) is 0 Å². The molecule has 0 heterocycles. The average Bonchev–Trinajstić information content (AvgIpc) is 1.31. The van der Waals surface area contributed by atoms with Gasteiger partial charge in [-0.05, 0) is 13.8 Å². The van der Waals surface area contributed by atoms with Gasteiger partial charge < -0.3 is 4.55 Å². The average molecular weight is 231 g/mol. The van der Waals surface area contributed by atoms with E-state index in [1.807, 2.05) is 0 Å². The quantitative estimate of drug-likeness (QED) is 0.469. The minimum absolute atomic E-state index is 0. The summed E-state index contributed by atoms with van der Waals surface area (Å²) in [5.74, 6) is 0. The van der Waals surface area contributed by atoms with Gasteiger partial charge in [0.2, 0.25) is 0 Å². The van der Waals surface area contributed by atoms with Gasteiger partial charge in [0.05, 0.1) is 10.1 Å². The summed E-state index contributed by atoms with van der Waals surface area (Å²) in [5, 5.41) is -0.785. The Balaban J connectivity index is 0. The van der Waals surface area contributed by atoms with Crippen molar-refractivity contribution in [2.45, 2.75) is 19.1 Å². The number of hydrogen-bond donors (Lipinski definition) is 0. The van der Waals surface area contributed by atoms with E-state index < -0.39 is 15.4 Å². The van der Waals surface area contributed by atoms with Gasteiger partial charge in [0, 0.05) is 5.25 Å². The molecule has 0 fully saturated rings.